The van der Waals surface area contributed by atoms with Crippen molar-refractivity contribution in [1.82, 2.24) is 14.8 Å². The highest BCUT2D eigenvalue weighted by molar-refractivity contribution is 7.11. The Kier molecular flexibility index (Phi) is 2.84. The number of allylic oxidation sites excluding steroid dienone is 1. The van der Waals surface area contributed by atoms with Crippen LogP contribution < -0.4 is 0 Å². The van der Waals surface area contributed by atoms with Crippen molar-refractivity contribution in [2.45, 2.75) is 6.92 Å². The van der Waals surface area contributed by atoms with Crippen LogP contribution >= 0.6 is 11.3 Å². The fourth-order valence-corrected chi connectivity index (χ4v) is 2.06. The zero-order chi connectivity index (χ0) is 11.5. The summed E-state index contributed by atoms with van der Waals surface area (Å²) in [6, 6.07) is 2.16. The minimum absolute atomic E-state index is 0.575. The fraction of sp³-hybridized carbons (Fsp3) is 0.182. The van der Waals surface area contributed by atoms with E-state index in [1.807, 2.05) is 25.5 Å². The molecule has 16 heavy (non-hydrogen) atoms. The topological polar surface area (TPSA) is 54.5 Å². The van der Waals surface area contributed by atoms with Crippen LogP contribution in [0.2, 0.25) is 0 Å². The summed E-state index contributed by atoms with van der Waals surface area (Å²) in [5.41, 5.74) is 2.42. The minimum atomic E-state index is 0.575. The molecule has 0 aromatic carbocycles. The Morgan fingerprint density at radius 2 is 2.44 bits per heavy atom. The number of thiazole rings is 1. The summed E-state index contributed by atoms with van der Waals surface area (Å²) >= 11 is 1.48. The Hall–Kier alpha value is -1.93. The van der Waals surface area contributed by atoms with E-state index in [4.69, 9.17) is 5.26 Å². The summed E-state index contributed by atoms with van der Waals surface area (Å²) in [6.45, 7) is 1.92. The molecule has 0 saturated carbocycles. The molecule has 2 aromatic heterocycles. The van der Waals surface area contributed by atoms with Crippen molar-refractivity contribution in [2.24, 2.45) is 7.05 Å². The van der Waals surface area contributed by atoms with Crippen LogP contribution in [0.4, 0.5) is 0 Å². The van der Waals surface area contributed by atoms with Gasteiger partial charge in [-0.2, -0.15) is 10.4 Å². The van der Waals surface area contributed by atoms with Crippen molar-refractivity contribution in [3.8, 4) is 6.07 Å². The van der Waals surface area contributed by atoms with Gasteiger partial charge in [0.2, 0.25) is 0 Å². The van der Waals surface area contributed by atoms with Gasteiger partial charge in [0.1, 0.15) is 11.1 Å². The van der Waals surface area contributed by atoms with E-state index in [1.165, 1.54) is 11.3 Å². The first-order valence-corrected chi connectivity index (χ1v) is 5.60. The van der Waals surface area contributed by atoms with Crippen molar-refractivity contribution in [2.75, 3.05) is 0 Å². The largest absolute Gasteiger partial charge is 0.275 e. The standard InChI is InChI=1S/C11H10N4S/c1-8-7-16-11(14-8)10(4-12)3-9-5-13-15(2)6-9/h3,5-7H,1-2H3/b10-3+. The summed E-state index contributed by atoms with van der Waals surface area (Å²) in [6.07, 6.45) is 5.38. The number of rotatable bonds is 2. The van der Waals surface area contributed by atoms with Crippen molar-refractivity contribution < 1.29 is 0 Å². The lowest BCUT2D eigenvalue weighted by Crippen LogP contribution is -1.84. The number of hydrogen-bond acceptors (Lipinski definition) is 4. The van der Waals surface area contributed by atoms with Gasteiger partial charge in [-0.3, -0.25) is 4.68 Å². The Morgan fingerprint density at radius 3 is 2.94 bits per heavy atom. The predicted octanol–water partition coefficient (Wildman–Crippen LogP) is 2.25. The van der Waals surface area contributed by atoms with E-state index in [2.05, 4.69) is 16.2 Å². The van der Waals surface area contributed by atoms with E-state index in [-0.39, 0.29) is 0 Å². The number of nitriles is 1. The molecule has 0 atom stereocenters. The molecule has 2 aromatic rings. The quantitative estimate of drug-likeness (QED) is 0.743. The maximum atomic E-state index is 9.08. The fourth-order valence-electron chi connectivity index (χ4n) is 1.30. The maximum absolute atomic E-state index is 9.08. The van der Waals surface area contributed by atoms with Crippen LogP contribution in [0, 0.1) is 18.3 Å². The first-order valence-electron chi connectivity index (χ1n) is 4.72. The van der Waals surface area contributed by atoms with E-state index >= 15 is 0 Å². The Morgan fingerprint density at radius 1 is 1.62 bits per heavy atom. The molecule has 0 unspecified atom stereocenters. The maximum Gasteiger partial charge on any atom is 0.134 e. The molecule has 0 radical (unpaired) electrons. The molecule has 0 N–H and O–H groups in total. The highest BCUT2D eigenvalue weighted by atomic mass is 32.1. The Balaban J connectivity index is 2.37. The van der Waals surface area contributed by atoms with Crippen LogP contribution in [0.5, 0.6) is 0 Å². The van der Waals surface area contributed by atoms with E-state index < -0.39 is 0 Å². The molecule has 4 nitrogen and oxygen atoms in total. The van der Waals surface area contributed by atoms with Crippen LogP contribution in [0.1, 0.15) is 16.3 Å². The summed E-state index contributed by atoms with van der Waals surface area (Å²) in [7, 11) is 1.84. The van der Waals surface area contributed by atoms with Crippen molar-refractivity contribution in [1.29, 1.82) is 5.26 Å². The van der Waals surface area contributed by atoms with Gasteiger partial charge in [-0.1, -0.05) is 0 Å². The normalized spacial score (nSPS) is 11.4. The van der Waals surface area contributed by atoms with E-state index in [0.29, 0.717) is 5.57 Å². The Bertz CT molecular complexity index is 571. The van der Waals surface area contributed by atoms with Crippen LogP contribution in [0.25, 0.3) is 11.6 Å². The summed E-state index contributed by atoms with van der Waals surface area (Å²) in [4.78, 5) is 4.29. The average Bonchev–Trinajstić information content (AvgIpc) is 2.84. The lowest BCUT2D eigenvalue weighted by atomic mass is 10.2. The molecule has 0 aliphatic heterocycles. The van der Waals surface area contributed by atoms with Gasteiger partial charge in [0.15, 0.2) is 0 Å². The highest BCUT2D eigenvalue weighted by Gasteiger charge is 2.05. The summed E-state index contributed by atoms with van der Waals surface area (Å²) in [5.74, 6) is 0. The van der Waals surface area contributed by atoms with Crippen molar-refractivity contribution in [3.63, 3.8) is 0 Å². The predicted molar refractivity (Wildman–Crippen MR) is 63.5 cm³/mol. The van der Waals surface area contributed by atoms with Gasteiger partial charge in [0.05, 0.1) is 11.8 Å². The first kappa shape index (κ1) is 10.6. The summed E-state index contributed by atoms with van der Waals surface area (Å²) in [5, 5.41) is 15.8. The smallest absolute Gasteiger partial charge is 0.134 e. The van der Waals surface area contributed by atoms with E-state index in [0.717, 1.165) is 16.3 Å². The molecule has 2 heterocycles. The monoisotopic (exact) mass is 230 g/mol. The molecule has 80 valence electrons. The average molecular weight is 230 g/mol. The molecule has 0 bridgehead atoms. The van der Waals surface area contributed by atoms with Gasteiger partial charge in [0.25, 0.3) is 0 Å². The Labute approximate surface area is 97.5 Å². The van der Waals surface area contributed by atoms with Crippen LogP contribution in [-0.4, -0.2) is 14.8 Å². The third kappa shape index (κ3) is 2.18. The zero-order valence-electron chi connectivity index (χ0n) is 9.01. The second-order valence-electron chi connectivity index (χ2n) is 3.41. The van der Waals surface area contributed by atoms with Gasteiger partial charge in [0, 0.05) is 29.9 Å². The molecule has 5 heteroatoms. The molecule has 0 aliphatic rings. The molecule has 2 rings (SSSR count). The zero-order valence-corrected chi connectivity index (χ0v) is 9.82. The van der Waals surface area contributed by atoms with Gasteiger partial charge in [-0.15, -0.1) is 11.3 Å². The minimum Gasteiger partial charge on any atom is -0.275 e. The lowest BCUT2D eigenvalue weighted by Gasteiger charge is -1.90. The first-order chi connectivity index (χ1) is 7.69. The number of aromatic nitrogens is 3. The van der Waals surface area contributed by atoms with E-state index in [9.17, 15) is 0 Å². The van der Waals surface area contributed by atoms with Gasteiger partial charge in [-0.25, -0.2) is 4.98 Å². The van der Waals surface area contributed by atoms with Crippen molar-refractivity contribution >= 4 is 23.0 Å². The van der Waals surface area contributed by atoms with E-state index in [1.54, 1.807) is 17.0 Å². The van der Waals surface area contributed by atoms with Crippen LogP contribution in [0.15, 0.2) is 17.8 Å². The van der Waals surface area contributed by atoms with Crippen LogP contribution in [0.3, 0.4) is 0 Å². The number of hydrogen-bond donors (Lipinski definition) is 0. The molecular weight excluding hydrogens is 220 g/mol. The number of nitrogens with zero attached hydrogens (tertiary/aromatic N) is 4. The van der Waals surface area contributed by atoms with Crippen LogP contribution in [-0.2, 0) is 7.05 Å². The highest BCUT2D eigenvalue weighted by Crippen LogP contribution is 2.20. The summed E-state index contributed by atoms with van der Waals surface area (Å²) < 4.78 is 1.70. The van der Waals surface area contributed by atoms with Gasteiger partial charge >= 0.3 is 0 Å². The molecule has 0 spiro atoms. The number of aryl methyl sites for hydroxylation is 2. The SMILES string of the molecule is Cc1csc(/C(C#N)=C/c2cnn(C)c2)n1. The molecule has 0 amide bonds. The second-order valence-corrected chi connectivity index (χ2v) is 4.27. The third-order valence-electron chi connectivity index (χ3n) is 2.01. The molecule has 0 fully saturated rings. The molecule has 0 saturated heterocycles. The lowest BCUT2D eigenvalue weighted by molar-refractivity contribution is 0.767. The third-order valence-corrected chi connectivity index (χ3v) is 3.00. The van der Waals surface area contributed by atoms with Crippen molar-refractivity contribution in [3.05, 3.63) is 34.0 Å². The molecular formula is C11H10N4S. The molecule has 0 aliphatic carbocycles. The van der Waals surface area contributed by atoms with Gasteiger partial charge in [-0.05, 0) is 13.0 Å². The second kappa shape index (κ2) is 4.29. The van der Waals surface area contributed by atoms with Gasteiger partial charge < -0.3 is 0 Å².